The lowest BCUT2D eigenvalue weighted by atomic mass is 9.84. The maximum atomic E-state index is 13.4. The van der Waals surface area contributed by atoms with E-state index in [4.69, 9.17) is 9.47 Å². The van der Waals surface area contributed by atoms with Crippen molar-refractivity contribution in [2.45, 2.75) is 33.6 Å². The Kier molecular flexibility index (Phi) is 8.46. The van der Waals surface area contributed by atoms with Gasteiger partial charge in [0.15, 0.2) is 5.92 Å². The Morgan fingerprint density at radius 2 is 1.44 bits per heavy atom. The zero-order valence-corrected chi connectivity index (χ0v) is 18.4. The number of carbonyl (C=O) groups excluding carboxylic acids is 3. The van der Waals surface area contributed by atoms with Crippen molar-refractivity contribution in [2.24, 2.45) is 5.92 Å². The van der Waals surface area contributed by atoms with Gasteiger partial charge in [-0.25, -0.2) is 0 Å². The van der Waals surface area contributed by atoms with Gasteiger partial charge in [-0.05, 0) is 44.4 Å². The van der Waals surface area contributed by atoms with Crippen molar-refractivity contribution in [3.63, 3.8) is 0 Å². The van der Waals surface area contributed by atoms with Gasteiger partial charge in [0.25, 0.3) is 5.69 Å². The fourth-order valence-corrected chi connectivity index (χ4v) is 3.34. The highest BCUT2D eigenvalue weighted by Crippen LogP contribution is 2.31. The Labute approximate surface area is 185 Å². The molecular weight excluding hydrogens is 416 g/mol. The number of para-hydroxylation sites is 1. The van der Waals surface area contributed by atoms with E-state index in [-0.39, 0.29) is 24.5 Å². The van der Waals surface area contributed by atoms with Crippen LogP contribution in [0, 0.1) is 29.9 Å². The van der Waals surface area contributed by atoms with E-state index in [9.17, 15) is 24.5 Å². The maximum Gasteiger partial charge on any atom is 0.321 e. The number of carbonyl (C=O) groups is 3. The molecule has 0 aliphatic rings. The summed E-state index contributed by atoms with van der Waals surface area (Å²) in [6.45, 7) is 6.80. The van der Waals surface area contributed by atoms with Crippen LogP contribution in [0.4, 0.5) is 11.4 Å². The molecule has 170 valence electrons. The molecule has 2 aromatic carbocycles. The molecule has 2 rings (SSSR count). The first-order valence-electron chi connectivity index (χ1n) is 10.2. The Bertz CT molecular complexity index is 964. The summed E-state index contributed by atoms with van der Waals surface area (Å²) in [6, 6.07) is 10.6. The highest BCUT2D eigenvalue weighted by Gasteiger charge is 2.43. The van der Waals surface area contributed by atoms with Crippen LogP contribution >= 0.6 is 0 Å². The van der Waals surface area contributed by atoms with Gasteiger partial charge in [-0.3, -0.25) is 24.5 Å². The van der Waals surface area contributed by atoms with Crippen LogP contribution in [0.15, 0.2) is 42.5 Å². The number of nitro groups is 1. The van der Waals surface area contributed by atoms with Gasteiger partial charge in [0.1, 0.15) is 0 Å². The Morgan fingerprint density at radius 1 is 0.938 bits per heavy atom. The standard InChI is InChI=1S/C23H26N2O7/c1-5-31-22(27)19(23(28)32-6-2)18(16-10-12-17(13-11-16)25(29)30)21(26)24-20-14(3)8-7-9-15(20)4/h7-13,18-19H,5-6H2,1-4H3,(H,24,26). The number of non-ortho nitro benzene ring substituents is 1. The van der Waals surface area contributed by atoms with Gasteiger partial charge in [0.2, 0.25) is 5.91 Å². The molecule has 32 heavy (non-hydrogen) atoms. The molecule has 0 saturated carbocycles. The summed E-state index contributed by atoms with van der Waals surface area (Å²) in [5.41, 5.74) is 2.20. The third kappa shape index (κ3) is 5.69. The third-order valence-corrected chi connectivity index (χ3v) is 4.89. The van der Waals surface area contributed by atoms with E-state index in [1.165, 1.54) is 24.3 Å². The number of amides is 1. The lowest BCUT2D eigenvalue weighted by molar-refractivity contribution is -0.384. The van der Waals surface area contributed by atoms with Crippen LogP contribution in [0.25, 0.3) is 0 Å². The van der Waals surface area contributed by atoms with Crippen molar-refractivity contribution in [1.29, 1.82) is 0 Å². The molecule has 9 heteroatoms. The number of nitrogens with one attached hydrogen (secondary N) is 1. The summed E-state index contributed by atoms with van der Waals surface area (Å²) < 4.78 is 10.1. The van der Waals surface area contributed by atoms with Gasteiger partial charge in [-0.15, -0.1) is 0 Å². The van der Waals surface area contributed by atoms with Crippen LogP contribution in [-0.4, -0.2) is 36.0 Å². The predicted octanol–water partition coefficient (Wildman–Crippen LogP) is 3.68. The highest BCUT2D eigenvalue weighted by atomic mass is 16.6. The lowest BCUT2D eigenvalue weighted by Gasteiger charge is -2.24. The molecule has 0 aliphatic carbocycles. The van der Waals surface area contributed by atoms with Crippen LogP contribution in [0.2, 0.25) is 0 Å². The monoisotopic (exact) mass is 442 g/mol. The first-order chi connectivity index (χ1) is 15.2. The molecule has 9 nitrogen and oxygen atoms in total. The minimum absolute atomic E-state index is 0.000239. The summed E-state index contributed by atoms with van der Waals surface area (Å²) in [7, 11) is 0. The molecule has 1 atom stereocenters. The molecule has 1 N–H and O–H groups in total. The zero-order valence-electron chi connectivity index (χ0n) is 18.4. The van der Waals surface area contributed by atoms with E-state index in [2.05, 4.69) is 5.32 Å². The molecule has 0 spiro atoms. The number of nitrogens with zero attached hydrogens (tertiary/aromatic N) is 1. The number of esters is 2. The van der Waals surface area contributed by atoms with Gasteiger partial charge in [-0.2, -0.15) is 0 Å². The molecule has 0 heterocycles. The van der Waals surface area contributed by atoms with Crippen LogP contribution in [0.1, 0.15) is 36.5 Å². The quantitative estimate of drug-likeness (QED) is 0.272. The molecule has 1 unspecified atom stereocenters. The molecule has 0 fully saturated rings. The number of rotatable bonds is 9. The normalized spacial score (nSPS) is 11.5. The number of nitro benzene ring substituents is 1. The Morgan fingerprint density at radius 3 is 1.88 bits per heavy atom. The molecular formula is C23H26N2O7. The summed E-state index contributed by atoms with van der Waals surface area (Å²) in [5, 5.41) is 13.8. The van der Waals surface area contributed by atoms with Crippen LogP contribution in [0.3, 0.4) is 0 Å². The molecule has 0 radical (unpaired) electrons. The van der Waals surface area contributed by atoms with Gasteiger partial charge < -0.3 is 14.8 Å². The van der Waals surface area contributed by atoms with E-state index in [1.807, 2.05) is 32.0 Å². The minimum atomic E-state index is -1.58. The average molecular weight is 442 g/mol. The third-order valence-electron chi connectivity index (χ3n) is 4.89. The van der Waals surface area contributed by atoms with Crippen molar-refractivity contribution >= 4 is 29.2 Å². The van der Waals surface area contributed by atoms with Crippen LogP contribution in [0.5, 0.6) is 0 Å². The SMILES string of the molecule is CCOC(=O)C(C(=O)OCC)C(C(=O)Nc1c(C)cccc1C)c1ccc([N+](=O)[O-])cc1. The fourth-order valence-electron chi connectivity index (χ4n) is 3.34. The van der Waals surface area contributed by atoms with Crippen molar-refractivity contribution in [2.75, 3.05) is 18.5 Å². The second kappa shape index (κ2) is 11.0. The number of ether oxygens (including phenoxy) is 2. The minimum Gasteiger partial charge on any atom is -0.465 e. The Balaban J connectivity index is 2.58. The van der Waals surface area contributed by atoms with Crippen molar-refractivity contribution in [1.82, 2.24) is 0 Å². The van der Waals surface area contributed by atoms with E-state index < -0.39 is 34.6 Å². The largest absolute Gasteiger partial charge is 0.465 e. The molecule has 0 bridgehead atoms. The summed E-state index contributed by atoms with van der Waals surface area (Å²) in [5.74, 6) is -5.37. The van der Waals surface area contributed by atoms with E-state index >= 15 is 0 Å². The van der Waals surface area contributed by atoms with E-state index in [0.29, 0.717) is 5.69 Å². The summed E-state index contributed by atoms with van der Waals surface area (Å²) >= 11 is 0. The van der Waals surface area contributed by atoms with Gasteiger partial charge in [0, 0.05) is 17.8 Å². The van der Waals surface area contributed by atoms with Crippen LogP contribution < -0.4 is 5.32 Å². The number of anilines is 1. The predicted molar refractivity (Wildman–Crippen MR) is 117 cm³/mol. The summed E-state index contributed by atoms with van der Waals surface area (Å²) in [4.78, 5) is 49.3. The highest BCUT2D eigenvalue weighted by molar-refractivity contribution is 6.06. The number of hydrogen-bond acceptors (Lipinski definition) is 7. The zero-order chi connectivity index (χ0) is 23.8. The van der Waals surface area contributed by atoms with Crippen molar-refractivity contribution < 1.29 is 28.8 Å². The van der Waals surface area contributed by atoms with Gasteiger partial charge >= 0.3 is 11.9 Å². The molecule has 1 amide bonds. The van der Waals surface area contributed by atoms with Gasteiger partial charge in [-0.1, -0.05) is 30.3 Å². The first-order valence-corrected chi connectivity index (χ1v) is 10.2. The second-order valence-electron chi connectivity index (χ2n) is 7.06. The number of aryl methyl sites for hydroxylation is 2. The first kappa shape index (κ1) is 24.5. The molecule has 0 aliphatic heterocycles. The van der Waals surface area contributed by atoms with E-state index in [1.54, 1.807) is 13.8 Å². The van der Waals surface area contributed by atoms with Crippen molar-refractivity contribution in [3.8, 4) is 0 Å². The molecule has 0 aromatic heterocycles. The second-order valence-corrected chi connectivity index (χ2v) is 7.06. The maximum absolute atomic E-state index is 13.4. The average Bonchev–Trinajstić information content (AvgIpc) is 2.74. The van der Waals surface area contributed by atoms with Crippen molar-refractivity contribution in [3.05, 3.63) is 69.3 Å². The molecule has 0 saturated heterocycles. The smallest absolute Gasteiger partial charge is 0.321 e. The lowest BCUT2D eigenvalue weighted by Crippen LogP contribution is -2.39. The van der Waals surface area contributed by atoms with Crippen LogP contribution in [-0.2, 0) is 23.9 Å². The topological polar surface area (TPSA) is 125 Å². The molecule has 2 aromatic rings. The number of benzene rings is 2. The Hall–Kier alpha value is -3.75. The number of hydrogen-bond donors (Lipinski definition) is 1. The summed E-state index contributed by atoms with van der Waals surface area (Å²) in [6.07, 6.45) is 0. The van der Waals surface area contributed by atoms with Gasteiger partial charge in [0.05, 0.1) is 24.1 Å². The fraction of sp³-hybridized carbons (Fsp3) is 0.348. The van der Waals surface area contributed by atoms with E-state index in [0.717, 1.165) is 11.1 Å².